The number of carbonyl (C=O) groups excluding carboxylic acids is 2. The van der Waals surface area contributed by atoms with Crippen LogP contribution < -0.4 is 0 Å². The molecule has 6 heteroatoms. The molecule has 2 aromatic rings. The van der Waals surface area contributed by atoms with Gasteiger partial charge in [-0.2, -0.15) is 0 Å². The van der Waals surface area contributed by atoms with Crippen molar-refractivity contribution in [3.05, 3.63) is 58.9 Å². The molecule has 0 atom stereocenters. The topological polar surface area (TPSA) is 40.6 Å². The molecule has 4 rings (SSSR count). The highest BCUT2D eigenvalue weighted by Crippen LogP contribution is 2.42. The Balaban J connectivity index is 1.39. The first-order valence-corrected chi connectivity index (χ1v) is 10.4. The van der Waals surface area contributed by atoms with Gasteiger partial charge in [-0.3, -0.25) is 9.59 Å². The Hall–Kier alpha value is -2.40. The monoisotopic (exact) mass is 414 g/mol. The number of carbonyl (C=O) groups is 2. The molecule has 0 N–H and O–H groups in total. The molecule has 0 bridgehead atoms. The molecular weight excluding hydrogens is 391 g/mol. The smallest absolute Gasteiger partial charge is 0.253 e. The molecule has 152 valence electrons. The van der Waals surface area contributed by atoms with E-state index in [4.69, 9.17) is 11.6 Å². The second kappa shape index (κ2) is 7.79. The van der Waals surface area contributed by atoms with E-state index < -0.39 is 5.82 Å². The lowest BCUT2D eigenvalue weighted by Gasteiger charge is -2.43. The van der Waals surface area contributed by atoms with E-state index >= 15 is 0 Å². The van der Waals surface area contributed by atoms with E-state index in [1.165, 1.54) is 6.07 Å². The number of hydrogen-bond acceptors (Lipinski definition) is 2. The third-order valence-electron chi connectivity index (χ3n) is 6.20. The third kappa shape index (κ3) is 3.88. The molecule has 0 aromatic heterocycles. The summed E-state index contributed by atoms with van der Waals surface area (Å²) in [5.74, 6) is -0.224. The maximum absolute atomic E-state index is 14.1. The lowest BCUT2D eigenvalue weighted by molar-refractivity contribution is -0.147. The Bertz CT molecular complexity index is 932. The molecule has 1 saturated carbocycles. The third-order valence-corrected chi connectivity index (χ3v) is 6.44. The number of benzene rings is 2. The van der Waals surface area contributed by atoms with Crippen LogP contribution in [0.5, 0.6) is 0 Å². The van der Waals surface area contributed by atoms with Crippen LogP contribution in [0.15, 0.2) is 42.5 Å². The molecule has 2 aliphatic rings. The van der Waals surface area contributed by atoms with Gasteiger partial charge < -0.3 is 9.80 Å². The van der Waals surface area contributed by atoms with E-state index in [1.807, 2.05) is 11.8 Å². The van der Waals surface area contributed by atoms with Gasteiger partial charge in [-0.25, -0.2) is 4.39 Å². The normalized spacial score (nSPS) is 18.3. The number of rotatable bonds is 3. The fourth-order valence-electron chi connectivity index (χ4n) is 4.11. The van der Waals surface area contributed by atoms with Crippen LogP contribution in [0.3, 0.4) is 0 Å². The zero-order chi connectivity index (χ0) is 20.6. The largest absolute Gasteiger partial charge is 0.339 e. The van der Waals surface area contributed by atoms with Gasteiger partial charge in [0.25, 0.3) is 5.91 Å². The van der Waals surface area contributed by atoms with Gasteiger partial charge in [-0.05, 0) is 48.7 Å². The molecule has 0 unspecified atom stereocenters. The lowest BCUT2D eigenvalue weighted by atomic mass is 9.69. The Morgan fingerprint density at radius 3 is 2.14 bits per heavy atom. The molecule has 2 amide bonds. The summed E-state index contributed by atoms with van der Waals surface area (Å²) in [5.41, 5.74) is 1.51. The highest BCUT2D eigenvalue weighted by Gasteiger charge is 2.42. The molecule has 4 nitrogen and oxygen atoms in total. The molecule has 1 saturated heterocycles. The second-order valence-electron chi connectivity index (χ2n) is 8.20. The van der Waals surface area contributed by atoms with Crippen molar-refractivity contribution in [3.8, 4) is 11.1 Å². The summed E-state index contributed by atoms with van der Waals surface area (Å²) in [5, 5.41) is 0.349. The molecule has 0 radical (unpaired) electrons. The van der Waals surface area contributed by atoms with E-state index in [2.05, 4.69) is 0 Å². The highest BCUT2D eigenvalue weighted by molar-refractivity contribution is 6.30. The van der Waals surface area contributed by atoms with Gasteiger partial charge in [0.2, 0.25) is 5.91 Å². The van der Waals surface area contributed by atoms with Crippen molar-refractivity contribution in [2.45, 2.75) is 26.2 Å². The van der Waals surface area contributed by atoms with Crippen LogP contribution in [0, 0.1) is 11.2 Å². The van der Waals surface area contributed by atoms with Crippen LogP contribution in [-0.2, 0) is 4.79 Å². The highest BCUT2D eigenvalue weighted by atomic mass is 35.5. The fraction of sp³-hybridized carbons (Fsp3) is 0.391. The number of nitrogens with zero attached hydrogens (tertiary/aromatic N) is 2. The predicted molar refractivity (Wildman–Crippen MR) is 111 cm³/mol. The summed E-state index contributed by atoms with van der Waals surface area (Å²) in [6.07, 6.45) is 3.05. The molecule has 1 heterocycles. The van der Waals surface area contributed by atoms with Crippen LogP contribution in [0.1, 0.15) is 36.5 Å². The number of piperazine rings is 1. The van der Waals surface area contributed by atoms with Gasteiger partial charge >= 0.3 is 0 Å². The summed E-state index contributed by atoms with van der Waals surface area (Å²) in [7, 11) is 0. The van der Waals surface area contributed by atoms with E-state index in [9.17, 15) is 14.0 Å². The Kier molecular flexibility index (Phi) is 5.34. The van der Waals surface area contributed by atoms with Crippen molar-refractivity contribution in [2.24, 2.45) is 5.41 Å². The molecule has 0 spiro atoms. The SMILES string of the molecule is CC1(C(=O)N2CCN(C(=O)c3ccc(-c4ccc(Cl)cc4F)cc3)CC2)CCC1. The minimum atomic E-state index is -0.391. The Morgan fingerprint density at radius 1 is 0.966 bits per heavy atom. The van der Waals surface area contributed by atoms with E-state index in [-0.39, 0.29) is 17.2 Å². The molecule has 1 aliphatic carbocycles. The van der Waals surface area contributed by atoms with Gasteiger partial charge in [0.1, 0.15) is 5.82 Å². The first kappa shape index (κ1) is 19.9. The molecule has 2 fully saturated rings. The van der Waals surface area contributed by atoms with Crippen LogP contribution in [0.4, 0.5) is 4.39 Å². The quantitative estimate of drug-likeness (QED) is 0.735. The first-order valence-electron chi connectivity index (χ1n) is 10.0. The van der Waals surface area contributed by atoms with Gasteiger partial charge in [-0.15, -0.1) is 0 Å². The lowest BCUT2D eigenvalue weighted by Crippen LogP contribution is -2.55. The number of halogens is 2. The summed E-state index contributed by atoms with van der Waals surface area (Å²) in [6.45, 7) is 4.27. The summed E-state index contributed by atoms with van der Waals surface area (Å²) in [4.78, 5) is 29.2. The first-order chi connectivity index (χ1) is 13.9. The molecule has 1 aliphatic heterocycles. The average Bonchev–Trinajstić information content (AvgIpc) is 2.71. The van der Waals surface area contributed by atoms with Crippen molar-refractivity contribution in [1.82, 2.24) is 9.80 Å². The van der Waals surface area contributed by atoms with Crippen molar-refractivity contribution >= 4 is 23.4 Å². The summed E-state index contributed by atoms with van der Waals surface area (Å²) < 4.78 is 14.1. The van der Waals surface area contributed by atoms with Crippen LogP contribution in [0.2, 0.25) is 5.02 Å². The number of amides is 2. The van der Waals surface area contributed by atoms with Crippen molar-refractivity contribution in [1.29, 1.82) is 0 Å². The van der Waals surface area contributed by atoms with Gasteiger partial charge in [0, 0.05) is 47.7 Å². The summed E-state index contributed by atoms with van der Waals surface area (Å²) in [6, 6.07) is 11.5. The maximum Gasteiger partial charge on any atom is 0.253 e. The van der Waals surface area contributed by atoms with E-state index in [0.717, 1.165) is 19.3 Å². The molecule has 29 heavy (non-hydrogen) atoms. The average molecular weight is 415 g/mol. The van der Waals surface area contributed by atoms with E-state index in [1.54, 1.807) is 41.3 Å². The fourth-order valence-corrected chi connectivity index (χ4v) is 4.27. The minimum absolute atomic E-state index is 0.0601. The van der Waals surface area contributed by atoms with Crippen LogP contribution in [-0.4, -0.2) is 47.8 Å². The van der Waals surface area contributed by atoms with Gasteiger partial charge in [-0.1, -0.05) is 37.1 Å². The number of hydrogen-bond donors (Lipinski definition) is 0. The van der Waals surface area contributed by atoms with Gasteiger partial charge in [0.05, 0.1) is 0 Å². The molecule has 2 aromatic carbocycles. The zero-order valence-corrected chi connectivity index (χ0v) is 17.2. The van der Waals surface area contributed by atoms with Crippen LogP contribution in [0.25, 0.3) is 11.1 Å². The predicted octanol–water partition coefficient (Wildman–Crippen LogP) is 4.62. The second-order valence-corrected chi connectivity index (χ2v) is 8.64. The van der Waals surface area contributed by atoms with Crippen molar-refractivity contribution < 1.29 is 14.0 Å². The van der Waals surface area contributed by atoms with E-state index in [0.29, 0.717) is 47.9 Å². The van der Waals surface area contributed by atoms with Crippen molar-refractivity contribution in [2.75, 3.05) is 26.2 Å². The maximum atomic E-state index is 14.1. The van der Waals surface area contributed by atoms with Crippen LogP contribution >= 0.6 is 11.6 Å². The Morgan fingerprint density at radius 2 is 1.59 bits per heavy atom. The standard InChI is InChI=1S/C23H24ClFN2O2/c1-23(9-2-10-23)22(29)27-13-11-26(12-14-27)21(28)17-5-3-16(4-6-17)19-8-7-18(24)15-20(19)25/h3-8,15H,2,9-14H2,1H3. The molecular formula is C23H24ClFN2O2. The Labute approximate surface area is 175 Å². The minimum Gasteiger partial charge on any atom is -0.339 e. The summed E-state index contributed by atoms with van der Waals surface area (Å²) >= 11 is 5.81. The van der Waals surface area contributed by atoms with Gasteiger partial charge in [0.15, 0.2) is 0 Å². The zero-order valence-electron chi connectivity index (χ0n) is 16.5. The van der Waals surface area contributed by atoms with Crippen molar-refractivity contribution in [3.63, 3.8) is 0 Å².